The van der Waals surface area contributed by atoms with Crippen molar-refractivity contribution in [3.05, 3.63) is 59.7 Å². The zero-order valence-electron chi connectivity index (χ0n) is 19.6. The van der Waals surface area contributed by atoms with Crippen LogP contribution in [-0.2, 0) is 14.3 Å². The topological polar surface area (TPSA) is 125 Å². The minimum Gasteiger partial charge on any atom is -0.481 e. The number of alkyl carbamates (subject to hydrolysis) is 1. The number of carbonyl (C=O) groups excluding carboxylic acids is 2. The summed E-state index contributed by atoms with van der Waals surface area (Å²) in [6, 6.07) is 14.1. The summed E-state index contributed by atoms with van der Waals surface area (Å²) in [6.07, 6.45) is 3.56. The Labute approximate surface area is 204 Å². The van der Waals surface area contributed by atoms with Gasteiger partial charge in [-0.3, -0.25) is 9.59 Å². The van der Waals surface area contributed by atoms with E-state index in [4.69, 9.17) is 4.74 Å². The van der Waals surface area contributed by atoms with Gasteiger partial charge in [0.05, 0.1) is 19.1 Å². The van der Waals surface area contributed by atoms with Gasteiger partial charge in [-0.1, -0.05) is 67.8 Å². The lowest BCUT2D eigenvalue weighted by molar-refractivity contribution is -0.140. The highest BCUT2D eigenvalue weighted by atomic mass is 16.5. The van der Waals surface area contributed by atoms with E-state index in [1.165, 1.54) is 0 Å². The van der Waals surface area contributed by atoms with E-state index in [1.807, 2.05) is 48.5 Å². The Kier molecular flexibility index (Phi) is 8.02. The van der Waals surface area contributed by atoms with Crippen molar-refractivity contribution in [3.63, 3.8) is 0 Å². The van der Waals surface area contributed by atoms with Crippen LogP contribution in [0.4, 0.5) is 4.79 Å². The van der Waals surface area contributed by atoms with E-state index in [9.17, 15) is 24.6 Å². The molecular formula is C27H32N2O6. The highest BCUT2D eigenvalue weighted by Crippen LogP contribution is 2.44. The number of carbonyl (C=O) groups is 3. The van der Waals surface area contributed by atoms with Crippen LogP contribution < -0.4 is 10.6 Å². The predicted octanol–water partition coefficient (Wildman–Crippen LogP) is 3.43. The number of amides is 2. The van der Waals surface area contributed by atoms with Crippen LogP contribution in [0.3, 0.4) is 0 Å². The van der Waals surface area contributed by atoms with Crippen molar-refractivity contribution in [1.29, 1.82) is 0 Å². The molecule has 2 atom stereocenters. The van der Waals surface area contributed by atoms with Gasteiger partial charge in [0, 0.05) is 5.92 Å². The van der Waals surface area contributed by atoms with Gasteiger partial charge < -0.3 is 25.6 Å². The lowest BCUT2D eigenvalue weighted by atomic mass is 9.84. The van der Waals surface area contributed by atoms with E-state index in [0.717, 1.165) is 54.4 Å². The predicted molar refractivity (Wildman–Crippen MR) is 130 cm³/mol. The Morgan fingerprint density at radius 3 is 2.09 bits per heavy atom. The highest BCUT2D eigenvalue weighted by molar-refractivity contribution is 5.89. The lowest BCUT2D eigenvalue weighted by Crippen LogP contribution is -2.53. The van der Waals surface area contributed by atoms with Crippen molar-refractivity contribution in [1.82, 2.24) is 10.6 Å². The molecule has 4 N–H and O–H groups in total. The number of aliphatic hydroxyl groups is 1. The van der Waals surface area contributed by atoms with E-state index in [2.05, 4.69) is 10.6 Å². The maximum atomic E-state index is 12.9. The SMILES string of the molecule is O=C(O)CC(NC(=O)OCC1c2ccccc2-c2ccccc21)C(=O)NC(CO)C1CCCCC1. The van der Waals surface area contributed by atoms with Gasteiger partial charge >= 0.3 is 12.1 Å². The average molecular weight is 481 g/mol. The molecule has 1 fully saturated rings. The normalized spacial score (nSPS) is 17.1. The molecule has 2 aliphatic rings. The Hall–Kier alpha value is -3.39. The molecule has 1 saturated carbocycles. The molecule has 0 aliphatic heterocycles. The van der Waals surface area contributed by atoms with Gasteiger partial charge in [-0.15, -0.1) is 0 Å². The smallest absolute Gasteiger partial charge is 0.407 e. The van der Waals surface area contributed by atoms with E-state index < -0.39 is 36.5 Å². The summed E-state index contributed by atoms with van der Waals surface area (Å²) < 4.78 is 5.48. The minimum atomic E-state index is -1.30. The number of aliphatic carboxylic acids is 1. The van der Waals surface area contributed by atoms with Gasteiger partial charge in [0.15, 0.2) is 0 Å². The summed E-state index contributed by atoms with van der Waals surface area (Å²) in [5, 5.41) is 24.2. The molecule has 0 aromatic heterocycles. The minimum absolute atomic E-state index is 0.0581. The molecule has 0 radical (unpaired) electrons. The van der Waals surface area contributed by atoms with Crippen LogP contribution in [0.15, 0.2) is 48.5 Å². The fourth-order valence-electron chi connectivity index (χ4n) is 5.30. The number of fused-ring (bicyclic) bond motifs is 3. The number of carboxylic acids is 1. The van der Waals surface area contributed by atoms with Crippen LogP contribution in [0.5, 0.6) is 0 Å². The second-order valence-corrected chi connectivity index (χ2v) is 9.32. The molecule has 2 aromatic rings. The maximum Gasteiger partial charge on any atom is 0.407 e. The van der Waals surface area contributed by atoms with Crippen LogP contribution in [0, 0.1) is 5.92 Å². The number of ether oxygens (including phenoxy) is 1. The monoisotopic (exact) mass is 480 g/mol. The highest BCUT2D eigenvalue weighted by Gasteiger charge is 2.32. The van der Waals surface area contributed by atoms with Crippen molar-refractivity contribution in [2.45, 2.75) is 56.5 Å². The summed E-state index contributed by atoms with van der Waals surface area (Å²) in [5.41, 5.74) is 4.30. The van der Waals surface area contributed by atoms with Crippen molar-refractivity contribution in [3.8, 4) is 11.1 Å². The number of carboxylic acid groups (broad SMARTS) is 1. The summed E-state index contributed by atoms with van der Waals surface area (Å²) >= 11 is 0. The first kappa shape index (κ1) is 24.7. The number of nitrogens with one attached hydrogen (secondary N) is 2. The number of hydrogen-bond donors (Lipinski definition) is 4. The molecule has 2 amide bonds. The fraction of sp³-hybridized carbons (Fsp3) is 0.444. The Bertz CT molecular complexity index is 1020. The van der Waals surface area contributed by atoms with E-state index in [1.54, 1.807) is 0 Å². The second-order valence-electron chi connectivity index (χ2n) is 9.32. The van der Waals surface area contributed by atoms with Crippen LogP contribution in [0.1, 0.15) is 55.6 Å². The fourth-order valence-corrected chi connectivity index (χ4v) is 5.30. The third kappa shape index (κ3) is 5.82. The van der Waals surface area contributed by atoms with Gasteiger partial charge in [-0.2, -0.15) is 0 Å². The summed E-state index contributed by atoms with van der Waals surface area (Å²) in [7, 11) is 0. The van der Waals surface area contributed by atoms with E-state index >= 15 is 0 Å². The Balaban J connectivity index is 1.39. The van der Waals surface area contributed by atoms with E-state index in [0.29, 0.717) is 0 Å². The maximum absolute atomic E-state index is 12.9. The van der Waals surface area contributed by atoms with Gasteiger partial charge in [0.1, 0.15) is 12.6 Å². The summed E-state index contributed by atoms with van der Waals surface area (Å²) in [6.45, 7) is -0.177. The zero-order valence-corrected chi connectivity index (χ0v) is 19.6. The summed E-state index contributed by atoms with van der Waals surface area (Å²) in [4.78, 5) is 36.9. The van der Waals surface area contributed by atoms with Crippen molar-refractivity contribution in [2.24, 2.45) is 5.92 Å². The summed E-state index contributed by atoms with van der Waals surface area (Å²) in [5.74, 6) is -1.87. The molecule has 4 rings (SSSR count). The van der Waals surface area contributed by atoms with Gasteiger partial charge in [0.2, 0.25) is 5.91 Å². The molecule has 8 nitrogen and oxygen atoms in total. The molecule has 0 heterocycles. The third-order valence-corrected chi connectivity index (χ3v) is 7.07. The molecule has 0 bridgehead atoms. The first-order valence-electron chi connectivity index (χ1n) is 12.2. The van der Waals surface area contributed by atoms with Crippen LogP contribution in [0.25, 0.3) is 11.1 Å². The van der Waals surface area contributed by atoms with Crippen molar-refractivity contribution < 1.29 is 29.3 Å². The number of rotatable bonds is 9. The Morgan fingerprint density at radius 1 is 0.914 bits per heavy atom. The van der Waals surface area contributed by atoms with Crippen LogP contribution in [-0.4, -0.2) is 53.5 Å². The Morgan fingerprint density at radius 2 is 1.51 bits per heavy atom. The van der Waals surface area contributed by atoms with Gasteiger partial charge in [0.25, 0.3) is 0 Å². The molecule has 186 valence electrons. The van der Waals surface area contributed by atoms with Crippen molar-refractivity contribution in [2.75, 3.05) is 13.2 Å². The first-order valence-corrected chi connectivity index (χ1v) is 12.2. The molecule has 8 heteroatoms. The van der Waals surface area contributed by atoms with E-state index in [-0.39, 0.29) is 25.0 Å². The standard InChI is InChI=1S/C27H32N2O6/c30-15-24(17-8-2-1-3-9-17)28-26(33)23(14-25(31)32)29-27(34)35-16-22-20-12-6-4-10-18(20)19-11-5-7-13-21(19)22/h4-7,10-13,17,22-24,30H,1-3,8-9,14-16H2,(H,28,33)(H,29,34)(H,31,32). The average Bonchev–Trinajstić information content (AvgIpc) is 3.19. The van der Waals surface area contributed by atoms with Crippen molar-refractivity contribution >= 4 is 18.0 Å². The molecule has 2 unspecified atom stereocenters. The molecular weight excluding hydrogens is 448 g/mol. The lowest BCUT2D eigenvalue weighted by Gasteiger charge is -2.30. The molecule has 0 spiro atoms. The number of hydrogen-bond acceptors (Lipinski definition) is 5. The van der Waals surface area contributed by atoms with Crippen LogP contribution in [0.2, 0.25) is 0 Å². The quantitative estimate of drug-likeness (QED) is 0.436. The van der Waals surface area contributed by atoms with Crippen LogP contribution >= 0.6 is 0 Å². The first-order chi connectivity index (χ1) is 17.0. The number of aliphatic hydroxyl groups excluding tert-OH is 1. The van der Waals surface area contributed by atoms with Gasteiger partial charge in [-0.05, 0) is 41.0 Å². The zero-order chi connectivity index (χ0) is 24.8. The van der Waals surface area contributed by atoms with Gasteiger partial charge in [-0.25, -0.2) is 4.79 Å². The number of benzene rings is 2. The largest absolute Gasteiger partial charge is 0.481 e. The molecule has 35 heavy (non-hydrogen) atoms. The molecule has 2 aromatic carbocycles. The third-order valence-electron chi connectivity index (χ3n) is 7.07. The molecule has 2 aliphatic carbocycles. The second kappa shape index (κ2) is 11.4. The molecule has 0 saturated heterocycles.